The second-order valence-corrected chi connectivity index (χ2v) is 7.53. The summed E-state index contributed by atoms with van der Waals surface area (Å²) in [5, 5.41) is 0. The molecule has 0 spiro atoms. The van der Waals surface area contributed by atoms with Gasteiger partial charge in [-0.1, -0.05) is 82.9 Å². The Bertz CT molecular complexity index is 474. The van der Waals surface area contributed by atoms with Gasteiger partial charge < -0.3 is 4.18 Å². The Hall–Kier alpha value is -0.511. The van der Waals surface area contributed by atoms with E-state index in [9.17, 15) is 8.42 Å². The van der Waals surface area contributed by atoms with Gasteiger partial charge >= 0.3 is 10.1 Å². The van der Waals surface area contributed by atoms with E-state index in [0.29, 0.717) is 12.2 Å². The first-order chi connectivity index (χ1) is 10.6. The van der Waals surface area contributed by atoms with Crippen LogP contribution in [0.25, 0.3) is 0 Å². The first-order valence-electron chi connectivity index (χ1n) is 8.61. The van der Waals surface area contributed by atoms with Gasteiger partial charge in [0, 0.05) is 17.1 Å². The van der Waals surface area contributed by atoms with Crippen LogP contribution in [0.3, 0.4) is 0 Å². The van der Waals surface area contributed by atoms with Crippen LogP contribution < -0.4 is 4.18 Å². The molecule has 23 heavy (non-hydrogen) atoms. The van der Waals surface area contributed by atoms with Gasteiger partial charge in [0.2, 0.25) is 0 Å². The summed E-state index contributed by atoms with van der Waals surface area (Å²) in [7, 11) is -3.44. The van der Waals surface area contributed by atoms with Gasteiger partial charge in [-0.25, -0.2) is 0 Å². The van der Waals surface area contributed by atoms with Crippen LogP contribution >= 0.6 is 0 Å². The minimum Gasteiger partial charge on any atom is -0.382 e. The van der Waals surface area contributed by atoms with Crippen molar-refractivity contribution in [2.24, 2.45) is 0 Å². The van der Waals surface area contributed by atoms with E-state index in [1.165, 1.54) is 44.9 Å². The van der Waals surface area contributed by atoms with E-state index in [0.717, 1.165) is 12.8 Å². The summed E-state index contributed by atoms with van der Waals surface area (Å²) in [6.45, 7) is 2.23. The number of para-hydroxylation sites is 1. The summed E-state index contributed by atoms with van der Waals surface area (Å²) in [5.41, 5.74) is 0. The predicted octanol–water partition coefficient (Wildman–Crippen LogP) is 5.31. The maximum atomic E-state index is 11.8. The Labute approximate surface area is 152 Å². The Balaban J connectivity index is 0.00000484. The van der Waals surface area contributed by atoms with Gasteiger partial charge in [-0.2, -0.15) is 8.42 Å². The molecule has 0 heterocycles. The van der Waals surface area contributed by atoms with Gasteiger partial charge in [0.15, 0.2) is 0 Å². The second-order valence-electron chi connectivity index (χ2n) is 5.84. The zero-order valence-electron chi connectivity index (χ0n) is 14.1. The average molecular weight is 390 g/mol. The van der Waals surface area contributed by atoms with Crippen molar-refractivity contribution in [3.8, 4) is 5.75 Å². The molecule has 1 aromatic carbocycles. The topological polar surface area (TPSA) is 43.4 Å². The third-order valence-electron chi connectivity index (χ3n) is 3.71. The zero-order valence-corrected chi connectivity index (χ0v) is 15.9. The van der Waals surface area contributed by atoms with Crippen LogP contribution in [0.15, 0.2) is 30.3 Å². The van der Waals surface area contributed by atoms with Crippen molar-refractivity contribution in [1.29, 1.82) is 0 Å². The van der Waals surface area contributed by atoms with Crippen molar-refractivity contribution in [3.63, 3.8) is 0 Å². The molecule has 0 aliphatic carbocycles. The third kappa shape index (κ3) is 12.6. The molecule has 0 N–H and O–H groups in total. The fourth-order valence-electron chi connectivity index (χ4n) is 2.43. The first-order valence-corrected chi connectivity index (χ1v) is 10.2. The quantitative estimate of drug-likeness (QED) is 0.260. The standard InChI is InChI=1S/C18H30O3S.Cu/c1-2-3-4-5-6-7-8-9-10-14-17-22(19,20)21-18-15-12-11-13-16-18;/h11-13,15-16H,2-10,14,17H2,1H3;. The van der Waals surface area contributed by atoms with Gasteiger partial charge in [0.05, 0.1) is 5.75 Å². The SMILES string of the molecule is CCCCCCCCCCCCS(=O)(=O)Oc1ccccc1.[Cu]. The molecule has 5 heteroatoms. The minimum absolute atomic E-state index is 0. The Morgan fingerprint density at radius 3 is 1.78 bits per heavy atom. The fourth-order valence-corrected chi connectivity index (χ4v) is 3.48. The summed E-state index contributed by atoms with van der Waals surface area (Å²) < 4.78 is 28.7. The molecule has 0 atom stereocenters. The Morgan fingerprint density at radius 1 is 0.783 bits per heavy atom. The molecule has 137 valence electrons. The van der Waals surface area contributed by atoms with E-state index in [4.69, 9.17) is 4.18 Å². The van der Waals surface area contributed by atoms with E-state index >= 15 is 0 Å². The molecule has 3 nitrogen and oxygen atoms in total. The summed E-state index contributed by atoms with van der Waals surface area (Å²) >= 11 is 0. The molecule has 0 unspecified atom stereocenters. The van der Waals surface area contributed by atoms with Gasteiger partial charge in [-0.05, 0) is 18.6 Å². The Kier molecular flexibility index (Phi) is 13.6. The molecule has 0 aromatic heterocycles. The summed E-state index contributed by atoms with van der Waals surface area (Å²) in [6.07, 6.45) is 11.9. The van der Waals surface area contributed by atoms with Gasteiger partial charge in [0.1, 0.15) is 5.75 Å². The third-order valence-corrected chi connectivity index (χ3v) is 4.95. The molecule has 0 saturated heterocycles. The molecule has 0 aliphatic heterocycles. The van der Waals surface area contributed by atoms with Crippen LogP contribution in [0, 0.1) is 0 Å². The monoisotopic (exact) mass is 389 g/mol. The minimum atomic E-state index is -3.44. The van der Waals surface area contributed by atoms with Crippen LogP contribution in [-0.4, -0.2) is 14.2 Å². The number of benzene rings is 1. The zero-order chi connectivity index (χ0) is 16.1. The first kappa shape index (κ1) is 22.5. The normalized spacial score (nSPS) is 11.0. The van der Waals surface area contributed by atoms with Crippen molar-refractivity contribution in [2.75, 3.05) is 5.75 Å². The molecular formula is C18H30CuO3S. The van der Waals surface area contributed by atoms with Gasteiger partial charge in [-0.15, -0.1) is 0 Å². The largest absolute Gasteiger partial charge is 0.382 e. The molecule has 1 aromatic rings. The molecule has 1 rings (SSSR count). The van der Waals surface area contributed by atoms with Crippen LogP contribution in [0.4, 0.5) is 0 Å². The van der Waals surface area contributed by atoms with Crippen LogP contribution in [0.2, 0.25) is 0 Å². The molecule has 0 aliphatic rings. The maximum Gasteiger partial charge on any atom is 0.309 e. The van der Waals surface area contributed by atoms with E-state index < -0.39 is 10.1 Å². The van der Waals surface area contributed by atoms with Crippen LogP contribution in [0.1, 0.15) is 71.1 Å². The van der Waals surface area contributed by atoms with E-state index in [-0.39, 0.29) is 22.8 Å². The molecule has 0 amide bonds. The van der Waals surface area contributed by atoms with Crippen LogP contribution in [-0.2, 0) is 27.2 Å². The van der Waals surface area contributed by atoms with Crippen molar-refractivity contribution < 1.29 is 29.7 Å². The van der Waals surface area contributed by atoms with Gasteiger partial charge in [0.25, 0.3) is 0 Å². The molecule has 0 saturated carbocycles. The van der Waals surface area contributed by atoms with Crippen molar-refractivity contribution >= 4 is 10.1 Å². The summed E-state index contributed by atoms with van der Waals surface area (Å²) in [5.74, 6) is 0.507. The smallest absolute Gasteiger partial charge is 0.309 e. The van der Waals surface area contributed by atoms with Crippen LogP contribution in [0.5, 0.6) is 5.75 Å². The van der Waals surface area contributed by atoms with E-state index in [2.05, 4.69) is 6.92 Å². The van der Waals surface area contributed by atoms with Crippen molar-refractivity contribution in [1.82, 2.24) is 0 Å². The van der Waals surface area contributed by atoms with E-state index in [1.54, 1.807) is 24.3 Å². The van der Waals surface area contributed by atoms with E-state index in [1.807, 2.05) is 6.07 Å². The average Bonchev–Trinajstić information content (AvgIpc) is 2.49. The van der Waals surface area contributed by atoms with Gasteiger partial charge in [-0.3, -0.25) is 0 Å². The summed E-state index contributed by atoms with van der Waals surface area (Å²) in [6, 6.07) is 8.70. The number of rotatable bonds is 13. The molecular weight excluding hydrogens is 360 g/mol. The predicted molar refractivity (Wildman–Crippen MR) is 92.7 cm³/mol. The molecule has 0 bridgehead atoms. The number of hydrogen-bond acceptors (Lipinski definition) is 3. The Morgan fingerprint density at radius 2 is 1.26 bits per heavy atom. The number of hydrogen-bond donors (Lipinski definition) is 0. The number of unbranched alkanes of at least 4 members (excludes halogenated alkanes) is 9. The maximum absolute atomic E-state index is 11.8. The van der Waals surface area contributed by atoms with Crippen molar-refractivity contribution in [3.05, 3.63) is 30.3 Å². The molecule has 1 radical (unpaired) electrons. The fraction of sp³-hybridized carbons (Fsp3) is 0.667. The summed E-state index contributed by atoms with van der Waals surface area (Å²) in [4.78, 5) is 0. The van der Waals surface area contributed by atoms with Crippen molar-refractivity contribution in [2.45, 2.75) is 71.1 Å². The molecule has 0 fully saturated rings. The second kappa shape index (κ2) is 13.9.